The molecule has 0 saturated heterocycles. The van der Waals surface area contributed by atoms with Crippen LogP contribution in [0.1, 0.15) is 41.0 Å². The van der Waals surface area contributed by atoms with Gasteiger partial charge in [-0.05, 0) is 65.8 Å². The summed E-state index contributed by atoms with van der Waals surface area (Å²) in [5.41, 5.74) is 4.12. The number of pyridine rings is 1. The van der Waals surface area contributed by atoms with E-state index in [2.05, 4.69) is 38.8 Å². The Morgan fingerprint density at radius 2 is 2.00 bits per heavy atom. The number of hydrogen-bond acceptors (Lipinski definition) is 4. The summed E-state index contributed by atoms with van der Waals surface area (Å²) >= 11 is 0. The fourth-order valence-electron chi connectivity index (χ4n) is 5.22. The van der Waals surface area contributed by atoms with Gasteiger partial charge >= 0.3 is 0 Å². The van der Waals surface area contributed by atoms with E-state index in [-0.39, 0.29) is 17.2 Å². The quantitative estimate of drug-likeness (QED) is 0.423. The zero-order chi connectivity index (χ0) is 21.7. The molecule has 7 rings (SSSR count). The topological polar surface area (TPSA) is 91.3 Å². The fourth-order valence-corrected chi connectivity index (χ4v) is 5.22. The van der Waals surface area contributed by atoms with Gasteiger partial charge in [-0.2, -0.15) is 0 Å². The predicted octanol–water partition coefficient (Wildman–Crippen LogP) is 3.00. The lowest BCUT2D eigenvalue weighted by atomic mass is 9.44. The molecule has 1 aromatic carbocycles. The maximum absolute atomic E-state index is 12.6. The van der Waals surface area contributed by atoms with Crippen molar-refractivity contribution in [1.82, 2.24) is 25.0 Å². The average molecular weight is 428 g/mol. The van der Waals surface area contributed by atoms with Gasteiger partial charge in [0.05, 0.1) is 0 Å². The van der Waals surface area contributed by atoms with Crippen LogP contribution in [0, 0.1) is 11.3 Å². The molecule has 3 fully saturated rings. The molecule has 4 aromatic rings. The van der Waals surface area contributed by atoms with Crippen LogP contribution in [-0.2, 0) is 13.1 Å². The van der Waals surface area contributed by atoms with Crippen molar-refractivity contribution in [3.63, 3.8) is 0 Å². The van der Waals surface area contributed by atoms with Gasteiger partial charge < -0.3 is 15.6 Å². The van der Waals surface area contributed by atoms with Crippen LogP contribution in [0.15, 0.2) is 59.5 Å². The van der Waals surface area contributed by atoms with Crippen LogP contribution in [0.25, 0.3) is 16.6 Å². The summed E-state index contributed by atoms with van der Waals surface area (Å²) in [5, 5.41) is 7.64. The third-order valence-electron chi connectivity index (χ3n) is 6.98. The fraction of sp³-hybridized carbons (Fsp3) is 0.320. The largest absolute Gasteiger partial charge is 0.357 e. The van der Waals surface area contributed by atoms with Gasteiger partial charge in [-0.1, -0.05) is 18.2 Å². The summed E-state index contributed by atoms with van der Waals surface area (Å²) in [7, 11) is 0. The molecule has 2 bridgehead atoms. The molecule has 3 aromatic heterocycles. The summed E-state index contributed by atoms with van der Waals surface area (Å²) in [6, 6.07) is 14.8. The number of carbonyl (C=O) groups is 1. The van der Waals surface area contributed by atoms with Crippen LogP contribution in [0.4, 0.5) is 0 Å². The number of fused-ring (bicyclic) bond motifs is 2. The van der Waals surface area contributed by atoms with Gasteiger partial charge in [0.25, 0.3) is 11.5 Å². The highest BCUT2D eigenvalue weighted by Crippen LogP contribution is 2.63. The van der Waals surface area contributed by atoms with Crippen molar-refractivity contribution >= 4 is 22.5 Å². The first-order chi connectivity index (χ1) is 15.6. The van der Waals surface area contributed by atoms with Crippen molar-refractivity contribution in [2.75, 3.05) is 6.54 Å². The number of aromatic amines is 1. The van der Waals surface area contributed by atoms with Gasteiger partial charge in [-0.3, -0.25) is 14.0 Å². The molecular formula is C25H25N5O2. The van der Waals surface area contributed by atoms with E-state index in [0.717, 1.165) is 35.5 Å². The molecule has 3 N–H and O–H groups in total. The summed E-state index contributed by atoms with van der Waals surface area (Å²) in [6.07, 6.45) is 5.86. The van der Waals surface area contributed by atoms with Crippen LogP contribution < -0.4 is 16.2 Å². The van der Waals surface area contributed by atoms with Gasteiger partial charge in [0, 0.05) is 43.1 Å². The van der Waals surface area contributed by atoms with Gasteiger partial charge in [-0.15, -0.1) is 0 Å². The van der Waals surface area contributed by atoms with E-state index in [1.165, 1.54) is 35.4 Å². The lowest BCUT2D eigenvalue weighted by molar-refractivity contribution is -0.103. The van der Waals surface area contributed by atoms with E-state index >= 15 is 0 Å². The number of nitrogens with one attached hydrogen (secondary N) is 3. The Bertz CT molecular complexity index is 1390. The zero-order valence-corrected chi connectivity index (χ0v) is 17.7. The monoisotopic (exact) mass is 427 g/mol. The summed E-state index contributed by atoms with van der Waals surface area (Å²) < 4.78 is 1.41. The van der Waals surface area contributed by atoms with Gasteiger partial charge in [0.2, 0.25) is 0 Å². The zero-order valence-electron chi connectivity index (χ0n) is 17.7. The molecule has 3 aliphatic carbocycles. The average Bonchev–Trinajstić information content (AvgIpc) is 3.15. The third kappa shape index (κ3) is 3.39. The van der Waals surface area contributed by atoms with E-state index in [1.54, 1.807) is 24.4 Å². The lowest BCUT2D eigenvalue weighted by Crippen LogP contribution is -2.56. The van der Waals surface area contributed by atoms with Gasteiger partial charge in [0.1, 0.15) is 11.3 Å². The normalized spacial score (nSPS) is 21.3. The number of aromatic nitrogens is 3. The summed E-state index contributed by atoms with van der Waals surface area (Å²) in [5.74, 6) is 0.653. The summed E-state index contributed by atoms with van der Waals surface area (Å²) in [6.45, 7) is 2.32. The second-order valence-electron chi connectivity index (χ2n) is 9.39. The second-order valence-corrected chi connectivity index (χ2v) is 9.39. The minimum Gasteiger partial charge on any atom is -0.357 e. The first-order valence-corrected chi connectivity index (χ1v) is 11.1. The number of hydrogen-bond donors (Lipinski definition) is 3. The molecule has 7 nitrogen and oxygen atoms in total. The van der Waals surface area contributed by atoms with E-state index in [1.807, 2.05) is 6.07 Å². The Balaban J connectivity index is 1.10. The van der Waals surface area contributed by atoms with E-state index in [0.29, 0.717) is 17.6 Å². The van der Waals surface area contributed by atoms with Gasteiger partial charge in [0.15, 0.2) is 0 Å². The maximum atomic E-state index is 12.6. The number of H-pyrrole nitrogens is 1. The first kappa shape index (κ1) is 19.3. The Labute approximate surface area is 184 Å². The second kappa shape index (κ2) is 7.31. The molecule has 162 valence electrons. The number of rotatable bonds is 7. The van der Waals surface area contributed by atoms with E-state index in [4.69, 9.17) is 0 Å². The van der Waals surface area contributed by atoms with Crippen molar-refractivity contribution in [1.29, 1.82) is 0 Å². The molecule has 32 heavy (non-hydrogen) atoms. The number of amides is 1. The SMILES string of the molecule is O=C(NCc1ccc2cc(CNCC34CC(C3)C4)[nH]c2c1)c1cc(=O)n2ccccc2n1. The molecule has 3 saturated carbocycles. The number of benzene rings is 1. The van der Waals surface area contributed by atoms with Crippen molar-refractivity contribution < 1.29 is 4.79 Å². The minimum absolute atomic E-state index is 0.124. The number of nitrogens with zero attached hydrogens (tertiary/aromatic N) is 2. The van der Waals surface area contributed by atoms with Crippen molar-refractivity contribution in [3.8, 4) is 0 Å². The highest BCUT2D eigenvalue weighted by atomic mass is 16.2. The Morgan fingerprint density at radius 1 is 1.12 bits per heavy atom. The molecule has 0 radical (unpaired) electrons. The van der Waals surface area contributed by atoms with Crippen LogP contribution in [-0.4, -0.2) is 26.8 Å². The Hall–Kier alpha value is -3.45. The van der Waals surface area contributed by atoms with Crippen molar-refractivity contribution in [2.45, 2.75) is 32.4 Å². The minimum atomic E-state index is -0.362. The molecular weight excluding hydrogens is 402 g/mol. The predicted molar refractivity (Wildman–Crippen MR) is 122 cm³/mol. The molecule has 3 heterocycles. The van der Waals surface area contributed by atoms with Gasteiger partial charge in [-0.25, -0.2) is 4.98 Å². The molecule has 0 unspecified atom stereocenters. The van der Waals surface area contributed by atoms with Crippen LogP contribution in [0.2, 0.25) is 0 Å². The smallest absolute Gasteiger partial charge is 0.270 e. The highest BCUT2D eigenvalue weighted by molar-refractivity contribution is 5.92. The Morgan fingerprint density at radius 3 is 2.81 bits per heavy atom. The molecule has 0 atom stereocenters. The highest BCUT2D eigenvalue weighted by Gasteiger charge is 2.55. The molecule has 3 aliphatic rings. The Kier molecular flexibility index (Phi) is 4.40. The standard InChI is InChI=1S/C25H25N5O2/c31-23-9-21(29-22-3-1-2-6-30(22)23)24(32)27-13-16-4-5-18-8-19(28-20(18)7-16)14-26-15-25-10-17(11-25)12-25/h1-9,17,26,28H,10-15H2,(H,27,32). The first-order valence-electron chi connectivity index (χ1n) is 11.1. The molecule has 1 amide bonds. The third-order valence-corrected chi connectivity index (χ3v) is 6.98. The molecule has 0 aliphatic heterocycles. The van der Waals surface area contributed by atoms with E-state index < -0.39 is 0 Å². The van der Waals surface area contributed by atoms with Crippen LogP contribution >= 0.6 is 0 Å². The van der Waals surface area contributed by atoms with E-state index in [9.17, 15) is 9.59 Å². The summed E-state index contributed by atoms with van der Waals surface area (Å²) in [4.78, 5) is 32.6. The molecule has 7 heteroatoms. The molecule has 0 spiro atoms. The van der Waals surface area contributed by atoms with Crippen molar-refractivity contribution in [2.24, 2.45) is 11.3 Å². The maximum Gasteiger partial charge on any atom is 0.270 e. The van der Waals surface area contributed by atoms with Crippen molar-refractivity contribution in [3.05, 3.63) is 82.0 Å². The number of carbonyl (C=O) groups excluding carboxylic acids is 1. The van der Waals surface area contributed by atoms with Crippen LogP contribution in [0.5, 0.6) is 0 Å². The lowest BCUT2D eigenvalue weighted by Gasteiger charge is -2.62. The van der Waals surface area contributed by atoms with Crippen LogP contribution in [0.3, 0.4) is 0 Å².